The Balaban J connectivity index is 2.13. The zero-order valence-electron chi connectivity index (χ0n) is 13.8. The highest BCUT2D eigenvalue weighted by atomic mass is 15.2. The lowest BCUT2D eigenvalue weighted by Crippen LogP contribution is -2.50. The summed E-state index contributed by atoms with van der Waals surface area (Å²) in [5.41, 5.74) is 1.22. The average molecular weight is 251 g/mol. The van der Waals surface area contributed by atoms with Crippen LogP contribution in [0.15, 0.2) is 0 Å². The van der Waals surface area contributed by atoms with E-state index in [2.05, 4.69) is 60.3 Å². The van der Waals surface area contributed by atoms with Gasteiger partial charge in [-0.1, -0.05) is 34.6 Å². The van der Waals surface area contributed by atoms with E-state index in [1.165, 1.54) is 19.4 Å². The first-order chi connectivity index (χ1) is 7.94. The quantitative estimate of drug-likeness (QED) is 0.660. The molecule has 1 aliphatic carbocycles. The maximum atomic E-state index is 2.76. The highest BCUT2D eigenvalue weighted by Gasteiger charge is 2.54. The number of likely N-dealkylation sites (tertiary alicyclic amines) is 1. The molecule has 0 radical (unpaired) electrons. The summed E-state index contributed by atoms with van der Waals surface area (Å²) in [4.78, 5) is 2.76. The first-order valence-electron chi connectivity index (χ1n) is 7.71. The molecule has 3 atom stereocenters. The summed E-state index contributed by atoms with van der Waals surface area (Å²) in [7, 11) is 0. The molecule has 18 heavy (non-hydrogen) atoms. The van der Waals surface area contributed by atoms with Crippen LogP contribution in [0.1, 0.15) is 68.2 Å². The molecule has 0 amide bonds. The molecule has 0 aromatic carbocycles. The van der Waals surface area contributed by atoms with Crippen LogP contribution >= 0.6 is 0 Å². The van der Waals surface area contributed by atoms with Crippen LogP contribution in [0.2, 0.25) is 0 Å². The molecular formula is C17H33N. The van der Waals surface area contributed by atoms with Gasteiger partial charge in [0.2, 0.25) is 0 Å². The smallest absolute Gasteiger partial charge is 0.0128 e. The predicted octanol–water partition coefficient (Wildman–Crippen LogP) is 4.57. The fourth-order valence-electron chi connectivity index (χ4n) is 4.22. The van der Waals surface area contributed by atoms with E-state index in [9.17, 15) is 0 Å². The first kappa shape index (κ1) is 14.4. The third kappa shape index (κ3) is 2.13. The molecule has 2 rings (SSSR count). The number of piperidine rings is 1. The van der Waals surface area contributed by atoms with E-state index in [4.69, 9.17) is 0 Å². The average Bonchev–Trinajstić information content (AvgIpc) is 2.72. The van der Waals surface area contributed by atoms with Gasteiger partial charge in [-0.15, -0.1) is 0 Å². The van der Waals surface area contributed by atoms with Crippen LogP contribution in [0, 0.1) is 22.7 Å². The van der Waals surface area contributed by atoms with E-state index >= 15 is 0 Å². The second-order valence-electron chi connectivity index (χ2n) is 9.29. The molecule has 0 spiro atoms. The normalized spacial score (nSPS) is 34.3. The molecule has 1 nitrogen and oxygen atoms in total. The van der Waals surface area contributed by atoms with E-state index in [-0.39, 0.29) is 0 Å². The largest absolute Gasteiger partial charge is 0.295 e. The van der Waals surface area contributed by atoms with Gasteiger partial charge in [0.1, 0.15) is 0 Å². The molecule has 0 N–H and O–H groups in total. The topological polar surface area (TPSA) is 3.24 Å². The van der Waals surface area contributed by atoms with Crippen molar-refractivity contribution < 1.29 is 0 Å². The van der Waals surface area contributed by atoms with Crippen LogP contribution in [0.3, 0.4) is 0 Å². The molecule has 3 unspecified atom stereocenters. The summed E-state index contributed by atoms with van der Waals surface area (Å²) in [6.07, 6.45) is 2.87. The molecule has 0 aromatic heterocycles. The van der Waals surface area contributed by atoms with Gasteiger partial charge < -0.3 is 0 Å². The minimum Gasteiger partial charge on any atom is -0.295 e. The molecule has 1 aliphatic heterocycles. The summed E-state index contributed by atoms with van der Waals surface area (Å²) in [6.45, 7) is 20.7. The Hall–Kier alpha value is -0.0400. The Bertz CT molecular complexity index is 315. The summed E-state index contributed by atoms with van der Waals surface area (Å²) in [5.74, 6) is 1.85. The second kappa shape index (κ2) is 3.98. The second-order valence-corrected chi connectivity index (χ2v) is 9.29. The third-order valence-electron chi connectivity index (χ3n) is 6.26. The van der Waals surface area contributed by atoms with Crippen molar-refractivity contribution >= 4 is 0 Å². The van der Waals surface area contributed by atoms with Crippen LogP contribution < -0.4 is 0 Å². The lowest BCUT2D eigenvalue weighted by atomic mass is 9.59. The highest BCUT2D eigenvalue weighted by Crippen LogP contribution is 2.56. The standard InChI is InChI=1S/C17H33N/c1-15(2,3)17(7,8)14-10-13-9-12(14)11-18(13)16(4,5)6/h12-14H,9-11H2,1-8H3. The van der Waals surface area contributed by atoms with Gasteiger partial charge in [-0.05, 0) is 56.3 Å². The van der Waals surface area contributed by atoms with Gasteiger partial charge in [0.25, 0.3) is 0 Å². The van der Waals surface area contributed by atoms with Crippen molar-refractivity contribution in [2.45, 2.75) is 79.8 Å². The summed E-state index contributed by atoms with van der Waals surface area (Å²) in [6, 6.07) is 0.849. The van der Waals surface area contributed by atoms with Crippen LogP contribution in [0.5, 0.6) is 0 Å². The van der Waals surface area contributed by atoms with Gasteiger partial charge >= 0.3 is 0 Å². The lowest BCUT2D eigenvalue weighted by molar-refractivity contribution is -0.0119. The molecule has 2 aliphatic rings. The van der Waals surface area contributed by atoms with Gasteiger partial charge in [-0.25, -0.2) is 0 Å². The van der Waals surface area contributed by atoms with E-state index in [1.54, 1.807) is 0 Å². The van der Waals surface area contributed by atoms with Crippen LogP contribution in [0.4, 0.5) is 0 Å². The van der Waals surface area contributed by atoms with Crippen molar-refractivity contribution in [2.24, 2.45) is 22.7 Å². The highest BCUT2D eigenvalue weighted by molar-refractivity contribution is 5.06. The summed E-state index contributed by atoms with van der Waals surface area (Å²) >= 11 is 0. The van der Waals surface area contributed by atoms with E-state index in [0.29, 0.717) is 16.4 Å². The van der Waals surface area contributed by atoms with Crippen molar-refractivity contribution in [3.63, 3.8) is 0 Å². The zero-order chi connectivity index (χ0) is 13.9. The number of nitrogens with zero attached hydrogens (tertiary/aromatic N) is 1. The van der Waals surface area contributed by atoms with Crippen LogP contribution in [-0.2, 0) is 0 Å². The van der Waals surface area contributed by atoms with Gasteiger partial charge in [0.05, 0.1) is 0 Å². The van der Waals surface area contributed by atoms with Gasteiger partial charge in [-0.3, -0.25) is 4.90 Å². The van der Waals surface area contributed by atoms with E-state index in [1.807, 2.05) is 0 Å². The number of rotatable bonds is 1. The Morgan fingerprint density at radius 2 is 1.39 bits per heavy atom. The van der Waals surface area contributed by atoms with Gasteiger partial charge in [0.15, 0.2) is 0 Å². The monoisotopic (exact) mass is 251 g/mol. The lowest BCUT2D eigenvalue weighted by Gasteiger charge is -2.50. The summed E-state index contributed by atoms with van der Waals surface area (Å²) in [5, 5.41) is 0. The molecule has 2 fully saturated rings. The SMILES string of the molecule is CC(C)(C)N1CC2CC1CC2C(C)(C)C(C)(C)C. The Labute approximate surface area is 114 Å². The number of hydrogen-bond acceptors (Lipinski definition) is 1. The third-order valence-corrected chi connectivity index (χ3v) is 6.26. The molecule has 1 saturated carbocycles. The van der Waals surface area contributed by atoms with Gasteiger partial charge in [0, 0.05) is 18.1 Å². The Kier molecular flexibility index (Phi) is 3.17. The van der Waals surface area contributed by atoms with E-state index < -0.39 is 0 Å². The fraction of sp³-hybridized carbons (Fsp3) is 1.00. The van der Waals surface area contributed by atoms with Crippen molar-refractivity contribution in [2.75, 3.05) is 6.54 Å². The van der Waals surface area contributed by atoms with Crippen molar-refractivity contribution in [1.29, 1.82) is 0 Å². The molecule has 1 heteroatoms. The van der Waals surface area contributed by atoms with E-state index in [0.717, 1.165) is 17.9 Å². The van der Waals surface area contributed by atoms with Crippen molar-refractivity contribution in [3.05, 3.63) is 0 Å². The Morgan fingerprint density at radius 1 is 0.833 bits per heavy atom. The van der Waals surface area contributed by atoms with Crippen molar-refractivity contribution in [1.82, 2.24) is 4.90 Å². The van der Waals surface area contributed by atoms with Gasteiger partial charge in [-0.2, -0.15) is 0 Å². The predicted molar refractivity (Wildman–Crippen MR) is 79.7 cm³/mol. The maximum Gasteiger partial charge on any atom is 0.0128 e. The molecule has 1 saturated heterocycles. The minimum atomic E-state index is 0.357. The Morgan fingerprint density at radius 3 is 1.72 bits per heavy atom. The molecule has 2 bridgehead atoms. The molecule has 0 aromatic rings. The minimum absolute atomic E-state index is 0.357. The van der Waals surface area contributed by atoms with Crippen molar-refractivity contribution in [3.8, 4) is 0 Å². The fourth-order valence-corrected chi connectivity index (χ4v) is 4.22. The van der Waals surface area contributed by atoms with Crippen LogP contribution in [-0.4, -0.2) is 23.0 Å². The van der Waals surface area contributed by atoms with Crippen LogP contribution in [0.25, 0.3) is 0 Å². The number of fused-ring (bicyclic) bond motifs is 2. The molecule has 106 valence electrons. The zero-order valence-corrected chi connectivity index (χ0v) is 13.8. The first-order valence-corrected chi connectivity index (χ1v) is 7.71. The maximum absolute atomic E-state index is 2.76. The number of hydrogen-bond donors (Lipinski definition) is 0. The molecular weight excluding hydrogens is 218 g/mol. The molecule has 1 heterocycles. The summed E-state index contributed by atoms with van der Waals surface area (Å²) < 4.78 is 0.